The number of nitrogens with zero attached hydrogens (tertiary/aromatic N) is 1. The van der Waals surface area contributed by atoms with Crippen molar-refractivity contribution in [1.29, 1.82) is 0 Å². The molecule has 2 amide bonds. The third kappa shape index (κ3) is 5.58. The van der Waals surface area contributed by atoms with Crippen molar-refractivity contribution in [1.82, 2.24) is 15.6 Å². The minimum Gasteiger partial charge on any atom is -0.352 e. The zero-order valence-electron chi connectivity index (χ0n) is 18.3. The van der Waals surface area contributed by atoms with Gasteiger partial charge < -0.3 is 16.4 Å². The molecule has 7 heteroatoms. The van der Waals surface area contributed by atoms with E-state index in [2.05, 4.69) is 42.7 Å². The van der Waals surface area contributed by atoms with Crippen LogP contribution in [0.5, 0.6) is 0 Å². The lowest BCUT2D eigenvalue weighted by Gasteiger charge is -2.32. The monoisotopic (exact) mass is 430 g/mol. The molecule has 0 spiro atoms. The summed E-state index contributed by atoms with van der Waals surface area (Å²) in [5, 5.41) is 6.99. The van der Waals surface area contributed by atoms with Gasteiger partial charge in [-0.1, -0.05) is 46.1 Å². The van der Waals surface area contributed by atoms with Crippen LogP contribution in [-0.2, 0) is 16.0 Å². The van der Waals surface area contributed by atoms with Gasteiger partial charge in [0.1, 0.15) is 0 Å². The molecule has 1 aromatic heterocycles. The summed E-state index contributed by atoms with van der Waals surface area (Å²) in [7, 11) is 0. The molecule has 1 aliphatic rings. The van der Waals surface area contributed by atoms with Crippen LogP contribution in [0.4, 0.5) is 0 Å². The van der Waals surface area contributed by atoms with Crippen LogP contribution in [-0.4, -0.2) is 34.9 Å². The standard InChI is InChI=1S/C23H34N4O2S/c1-4-20(28)26-17(14-25-22(29)23(24)10-6-5-7-11-23)13-21-27-18-9-8-16(15(2)3)12-19(18)30-21/h8-9,12,15,17H,4-7,10-11,13-14,24H2,1-3H3,(H,25,29)(H,26,28)/t17-/m0/s1. The lowest BCUT2D eigenvalue weighted by atomic mass is 9.82. The SMILES string of the molecule is CCC(=O)N[C@H](CNC(=O)C1(N)CCCCC1)Cc1nc2ccc(C(C)C)cc2s1. The van der Waals surface area contributed by atoms with E-state index < -0.39 is 5.54 Å². The number of hydrogen-bond donors (Lipinski definition) is 3. The molecule has 4 N–H and O–H groups in total. The highest BCUT2D eigenvalue weighted by Gasteiger charge is 2.35. The number of nitrogens with two attached hydrogens (primary N) is 1. The number of thiazole rings is 1. The molecule has 164 valence electrons. The summed E-state index contributed by atoms with van der Waals surface area (Å²) < 4.78 is 1.16. The molecule has 3 rings (SSSR count). The van der Waals surface area contributed by atoms with Crippen LogP contribution >= 0.6 is 11.3 Å². The Balaban J connectivity index is 1.69. The number of carbonyl (C=O) groups is 2. The number of nitrogens with one attached hydrogen (secondary N) is 2. The van der Waals surface area contributed by atoms with E-state index in [1.165, 1.54) is 5.56 Å². The number of benzene rings is 1. The van der Waals surface area contributed by atoms with Crippen LogP contribution in [0.25, 0.3) is 10.2 Å². The third-order valence-electron chi connectivity index (χ3n) is 5.94. The van der Waals surface area contributed by atoms with Gasteiger partial charge in [-0.05, 0) is 36.5 Å². The summed E-state index contributed by atoms with van der Waals surface area (Å²) >= 11 is 1.65. The largest absolute Gasteiger partial charge is 0.352 e. The average molecular weight is 431 g/mol. The zero-order valence-corrected chi connectivity index (χ0v) is 19.1. The fourth-order valence-corrected chi connectivity index (χ4v) is 5.05. The fourth-order valence-electron chi connectivity index (χ4n) is 3.95. The van der Waals surface area contributed by atoms with Gasteiger partial charge in [0.25, 0.3) is 0 Å². The van der Waals surface area contributed by atoms with E-state index in [4.69, 9.17) is 10.7 Å². The summed E-state index contributed by atoms with van der Waals surface area (Å²) in [4.78, 5) is 29.5. The Morgan fingerprint density at radius 1 is 1.23 bits per heavy atom. The Labute approximate surface area is 183 Å². The molecule has 0 radical (unpaired) electrons. The van der Waals surface area contributed by atoms with Crippen molar-refractivity contribution in [3.63, 3.8) is 0 Å². The van der Waals surface area contributed by atoms with Crippen LogP contribution in [0, 0.1) is 0 Å². The van der Waals surface area contributed by atoms with Gasteiger partial charge in [0.15, 0.2) is 0 Å². The smallest absolute Gasteiger partial charge is 0.240 e. The first kappa shape index (κ1) is 22.7. The molecule has 1 atom stereocenters. The van der Waals surface area contributed by atoms with Crippen LogP contribution in [0.2, 0.25) is 0 Å². The second-order valence-electron chi connectivity index (χ2n) is 8.74. The fraction of sp³-hybridized carbons (Fsp3) is 0.609. The molecule has 1 aliphatic carbocycles. The highest BCUT2D eigenvalue weighted by molar-refractivity contribution is 7.18. The Kier molecular flexibility index (Phi) is 7.47. The predicted molar refractivity (Wildman–Crippen MR) is 123 cm³/mol. The molecular weight excluding hydrogens is 396 g/mol. The van der Waals surface area contributed by atoms with E-state index in [0.717, 1.165) is 47.3 Å². The van der Waals surface area contributed by atoms with Crippen LogP contribution in [0.3, 0.4) is 0 Å². The molecule has 1 aromatic carbocycles. The van der Waals surface area contributed by atoms with Gasteiger partial charge >= 0.3 is 0 Å². The second-order valence-corrected chi connectivity index (χ2v) is 9.85. The number of fused-ring (bicyclic) bond motifs is 1. The molecule has 1 saturated carbocycles. The lowest BCUT2D eigenvalue weighted by Crippen LogP contribution is -2.57. The number of carbonyl (C=O) groups excluding carboxylic acids is 2. The maximum atomic E-state index is 12.7. The Morgan fingerprint density at radius 3 is 2.63 bits per heavy atom. The van der Waals surface area contributed by atoms with Gasteiger partial charge in [0, 0.05) is 19.4 Å². The van der Waals surface area contributed by atoms with E-state index in [0.29, 0.717) is 25.3 Å². The summed E-state index contributed by atoms with van der Waals surface area (Å²) in [6.45, 7) is 6.54. The minimum atomic E-state index is -0.777. The molecule has 6 nitrogen and oxygen atoms in total. The predicted octanol–water partition coefficient (Wildman–Crippen LogP) is 3.63. The van der Waals surface area contributed by atoms with Crippen molar-refractivity contribution in [2.45, 2.75) is 83.2 Å². The number of rotatable bonds is 8. The third-order valence-corrected chi connectivity index (χ3v) is 6.98. The summed E-state index contributed by atoms with van der Waals surface area (Å²) in [6, 6.07) is 6.17. The summed E-state index contributed by atoms with van der Waals surface area (Å²) in [5.74, 6) is 0.330. The number of hydrogen-bond acceptors (Lipinski definition) is 5. The van der Waals surface area contributed by atoms with Crippen molar-refractivity contribution < 1.29 is 9.59 Å². The summed E-state index contributed by atoms with van der Waals surface area (Å²) in [6.07, 6.45) is 5.55. The van der Waals surface area contributed by atoms with Gasteiger partial charge in [-0.25, -0.2) is 4.98 Å². The Bertz CT molecular complexity index is 886. The number of aromatic nitrogens is 1. The first-order chi connectivity index (χ1) is 14.3. The van der Waals surface area contributed by atoms with Gasteiger partial charge in [-0.2, -0.15) is 0 Å². The second kappa shape index (κ2) is 9.88. The molecule has 1 heterocycles. The highest BCUT2D eigenvalue weighted by atomic mass is 32.1. The van der Waals surface area contributed by atoms with E-state index in [-0.39, 0.29) is 17.9 Å². The minimum absolute atomic E-state index is 0.0300. The maximum absolute atomic E-state index is 12.7. The number of amides is 2. The topological polar surface area (TPSA) is 97.1 Å². The molecular formula is C23H34N4O2S. The highest BCUT2D eigenvalue weighted by Crippen LogP contribution is 2.28. The van der Waals surface area contributed by atoms with Crippen molar-refractivity contribution in [2.75, 3.05) is 6.54 Å². The van der Waals surface area contributed by atoms with Crippen LogP contribution in [0.15, 0.2) is 18.2 Å². The van der Waals surface area contributed by atoms with Crippen molar-refractivity contribution in [3.05, 3.63) is 28.8 Å². The molecule has 1 fully saturated rings. The molecule has 2 aromatic rings. The van der Waals surface area contributed by atoms with Crippen molar-refractivity contribution >= 4 is 33.4 Å². The first-order valence-corrected chi connectivity index (χ1v) is 11.9. The van der Waals surface area contributed by atoms with E-state index >= 15 is 0 Å². The van der Waals surface area contributed by atoms with Crippen LogP contribution < -0.4 is 16.4 Å². The average Bonchev–Trinajstić information content (AvgIpc) is 3.13. The molecule has 30 heavy (non-hydrogen) atoms. The van der Waals surface area contributed by atoms with Gasteiger partial charge in [0.2, 0.25) is 11.8 Å². The van der Waals surface area contributed by atoms with Crippen LogP contribution in [0.1, 0.15) is 75.8 Å². The van der Waals surface area contributed by atoms with E-state index in [1.807, 2.05) is 6.92 Å². The van der Waals surface area contributed by atoms with E-state index in [9.17, 15) is 9.59 Å². The van der Waals surface area contributed by atoms with Gasteiger partial charge in [0.05, 0.1) is 26.8 Å². The quantitative estimate of drug-likeness (QED) is 0.596. The van der Waals surface area contributed by atoms with Gasteiger partial charge in [-0.15, -0.1) is 11.3 Å². The van der Waals surface area contributed by atoms with Crippen molar-refractivity contribution in [3.8, 4) is 0 Å². The maximum Gasteiger partial charge on any atom is 0.240 e. The Hall–Kier alpha value is -1.99. The van der Waals surface area contributed by atoms with E-state index in [1.54, 1.807) is 11.3 Å². The first-order valence-electron chi connectivity index (χ1n) is 11.1. The van der Waals surface area contributed by atoms with Crippen molar-refractivity contribution in [2.24, 2.45) is 5.73 Å². The lowest BCUT2D eigenvalue weighted by molar-refractivity contribution is -0.128. The molecule has 0 bridgehead atoms. The zero-order chi connectivity index (χ0) is 21.7. The Morgan fingerprint density at radius 2 is 1.97 bits per heavy atom. The molecule has 0 aliphatic heterocycles. The van der Waals surface area contributed by atoms with Gasteiger partial charge in [-0.3, -0.25) is 9.59 Å². The summed E-state index contributed by atoms with van der Waals surface area (Å²) in [5.41, 5.74) is 7.84. The normalized spacial score (nSPS) is 17.1. The molecule has 0 saturated heterocycles. The molecule has 0 unspecified atom stereocenters.